The summed E-state index contributed by atoms with van der Waals surface area (Å²) in [5.74, 6) is 2.06. The standard InChI is InChI=1S/C19H18N2O/c22-13-18(20-16-8-9-16)15-5-3-6-17(12-15)21-11-10-14-4-1-2-7-19(14)21/h1-7,12,16,20H,8-11H2. The molecule has 0 bridgehead atoms. The van der Waals surface area contributed by atoms with E-state index in [0.717, 1.165) is 37.1 Å². The number of hydrogen-bond acceptors (Lipinski definition) is 3. The fourth-order valence-corrected chi connectivity index (χ4v) is 3.04. The second-order valence-electron chi connectivity index (χ2n) is 5.98. The van der Waals surface area contributed by atoms with Crippen LogP contribution in [0.1, 0.15) is 24.0 Å². The molecule has 22 heavy (non-hydrogen) atoms. The average Bonchev–Trinajstić information content (AvgIpc) is 3.29. The molecule has 3 nitrogen and oxygen atoms in total. The zero-order valence-electron chi connectivity index (χ0n) is 12.4. The minimum Gasteiger partial charge on any atom is -0.373 e. The maximum atomic E-state index is 11.3. The Morgan fingerprint density at radius 2 is 2.00 bits per heavy atom. The topological polar surface area (TPSA) is 32.3 Å². The zero-order valence-corrected chi connectivity index (χ0v) is 12.4. The number of para-hydroxylation sites is 1. The van der Waals surface area contributed by atoms with E-state index in [2.05, 4.69) is 52.6 Å². The van der Waals surface area contributed by atoms with E-state index in [1.54, 1.807) is 0 Å². The second-order valence-corrected chi connectivity index (χ2v) is 5.98. The molecule has 1 aliphatic carbocycles. The van der Waals surface area contributed by atoms with E-state index >= 15 is 0 Å². The Balaban J connectivity index is 1.66. The molecule has 0 aromatic heterocycles. The van der Waals surface area contributed by atoms with Crippen molar-refractivity contribution in [2.24, 2.45) is 0 Å². The predicted molar refractivity (Wildman–Crippen MR) is 88.9 cm³/mol. The second kappa shape index (κ2) is 5.36. The van der Waals surface area contributed by atoms with Crippen LogP contribution in [0.2, 0.25) is 0 Å². The van der Waals surface area contributed by atoms with Crippen LogP contribution >= 0.6 is 0 Å². The molecule has 1 aliphatic heterocycles. The van der Waals surface area contributed by atoms with Gasteiger partial charge in [-0.1, -0.05) is 30.3 Å². The number of nitrogens with zero attached hydrogens (tertiary/aromatic N) is 1. The van der Waals surface area contributed by atoms with Gasteiger partial charge in [-0.05, 0) is 43.0 Å². The number of hydrogen-bond donors (Lipinski definition) is 1. The molecule has 3 heteroatoms. The van der Waals surface area contributed by atoms with Gasteiger partial charge in [0.25, 0.3) is 0 Å². The van der Waals surface area contributed by atoms with E-state index in [4.69, 9.17) is 0 Å². The molecule has 1 fully saturated rings. The largest absolute Gasteiger partial charge is 0.373 e. The van der Waals surface area contributed by atoms with Gasteiger partial charge in [0, 0.05) is 29.5 Å². The van der Waals surface area contributed by atoms with Crippen molar-refractivity contribution >= 4 is 23.0 Å². The minimum atomic E-state index is 0.451. The first-order valence-corrected chi connectivity index (χ1v) is 7.83. The van der Waals surface area contributed by atoms with E-state index in [-0.39, 0.29) is 0 Å². The van der Waals surface area contributed by atoms with Crippen LogP contribution in [-0.2, 0) is 11.2 Å². The molecule has 1 heterocycles. The van der Waals surface area contributed by atoms with Crippen LogP contribution in [0.5, 0.6) is 0 Å². The smallest absolute Gasteiger partial charge is 0.150 e. The molecule has 1 N–H and O–H groups in total. The van der Waals surface area contributed by atoms with Crippen molar-refractivity contribution in [1.29, 1.82) is 0 Å². The third kappa shape index (κ3) is 2.40. The van der Waals surface area contributed by atoms with Crippen LogP contribution in [0.3, 0.4) is 0 Å². The Kier molecular flexibility index (Phi) is 3.21. The third-order valence-electron chi connectivity index (χ3n) is 4.36. The van der Waals surface area contributed by atoms with Crippen molar-refractivity contribution in [1.82, 2.24) is 5.32 Å². The van der Waals surface area contributed by atoms with Gasteiger partial charge in [0.15, 0.2) is 5.94 Å². The SMILES string of the molecule is O=C=C(NC1CC1)c1cccc(N2CCc3ccccc32)c1. The van der Waals surface area contributed by atoms with Crippen LogP contribution in [0.15, 0.2) is 48.5 Å². The molecule has 0 radical (unpaired) electrons. The Bertz CT molecular complexity index is 758. The fraction of sp³-hybridized carbons (Fsp3) is 0.263. The summed E-state index contributed by atoms with van der Waals surface area (Å²) in [7, 11) is 0. The van der Waals surface area contributed by atoms with Gasteiger partial charge in [-0.15, -0.1) is 0 Å². The Morgan fingerprint density at radius 3 is 2.82 bits per heavy atom. The molecule has 2 aromatic rings. The van der Waals surface area contributed by atoms with Crippen molar-refractivity contribution in [3.05, 3.63) is 59.7 Å². The molecular formula is C19H18N2O. The Hall–Kier alpha value is -2.51. The highest BCUT2D eigenvalue weighted by molar-refractivity contribution is 5.88. The van der Waals surface area contributed by atoms with Crippen LogP contribution in [-0.4, -0.2) is 18.5 Å². The van der Waals surface area contributed by atoms with Crippen molar-refractivity contribution in [2.75, 3.05) is 11.4 Å². The maximum absolute atomic E-state index is 11.3. The van der Waals surface area contributed by atoms with Gasteiger partial charge in [0.2, 0.25) is 0 Å². The summed E-state index contributed by atoms with van der Waals surface area (Å²) in [5.41, 5.74) is 5.29. The molecule has 0 saturated heterocycles. The highest BCUT2D eigenvalue weighted by Gasteiger charge is 2.24. The first-order chi connectivity index (χ1) is 10.8. The summed E-state index contributed by atoms with van der Waals surface area (Å²) >= 11 is 0. The molecule has 1 saturated carbocycles. The number of benzene rings is 2. The molecule has 2 aromatic carbocycles. The van der Waals surface area contributed by atoms with Crippen LogP contribution < -0.4 is 10.2 Å². The Labute approximate surface area is 130 Å². The van der Waals surface area contributed by atoms with Crippen molar-refractivity contribution in [3.63, 3.8) is 0 Å². The Morgan fingerprint density at radius 1 is 1.14 bits per heavy atom. The number of nitrogens with one attached hydrogen (secondary N) is 1. The highest BCUT2D eigenvalue weighted by Crippen LogP contribution is 2.35. The maximum Gasteiger partial charge on any atom is 0.150 e. The first kappa shape index (κ1) is 13.2. The quantitative estimate of drug-likeness (QED) is 0.877. The summed E-state index contributed by atoms with van der Waals surface area (Å²) in [6.45, 7) is 0.985. The summed E-state index contributed by atoms with van der Waals surface area (Å²) < 4.78 is 0. The van der Waals surface area contributed by atoms with Crippen molar-refractivity contribution < 1.29 is 4.79 Å². The van der Waals surface area contributed by atoms with Crippen molar-refractivity contribution in [2.45, 2.75) is 25.3 Å². The van der Waals surface area contributed by atoms with E-state index in [1.165, 1.54) is 11.3 Å². The lowest BCUT2D eigenvalue weighted by Gasteiger charge is -2.20. The predicted octanol–water partition coefficient (Wildman–Crippen LogP) is 3.31. The monoisotopic (exact) mass is 290 g/mol. The summed E-state index contributed by atoms with van der Waals surface area (Å²) in [4.78, 5) is 13.6. The van der Waals surface area contributed by atoms with Gasteiger partial charge in [0.05, 0.1) is 0 Å². The lowest BCUT2D eigenvalue weighted by molar-refractivity contribution is 0.568. The molecular weight excluding hydrogens is 272 g/mol. The molecule has 0 atom stereocenters. The number of carbonyl (C=O) groups excluding carboxylic acids is 1. The molecule has 0 amide bonds. The summed E-state index contributed by atoms with van der Waals surface area (Å²) in [5, 5.41) is 3.27. The van der Waals surface area contributed by atoms with Gasteiger partial charge >= 0.3 is 0 Å². The normalized spacial score (nSPS) is 16.1. The van der Waals surface area contributed by atoms with E-state index in [9.17, 15) is 4.79 Å². The summed E-state index contributed by atoms with van der Waals surface area (Å²) in [6.07, 6.45) is 3.35. The van der Waals surface area contributed by atoms with E-state index in [0.29, 0.717) is 11.7 Å². The van der Waals surface area contributed by atoms with Crippen molar-refractivity contribution in [3.8, 4) is 0 Å². The molecule has 0 unspecified atom stereocenters. The zero-order chi connectivity index (χ0) is 14.9. The molecule has 2 aliphatic rings. The lowest BCUT2D eigenvalue weighted by Crippen LogP contribution is -2.16. The number of rotatable bonds is 4. The van der Waals surface area contributed by atoms with E-state index in [1.807, 2.05) is 12.1 Å². The average molecular weight is 290 g/mol. The van der Waals surface area contributed by atoms with Gasteiger partial charge < -0.3 is 10.2 Å². The highest BCUT2D eigenvalue weighted by atomic mass is 16.1. The van der Waals surface area contributed by atoms with Gasteiger partial charge in [-0.25, -0.2) is 4.79 Å². The van der Waals surface area contributed by atoms with Gasteiger partial charge in [-0.2, -0.15) is 0 Å². The van der Waals surface area contributed by atoms with Gasteiger partial charge in [-0.3, -0.25) is 0 Å². The number of anilines is 2. The summed E-state index contributed by atoms with van der Waals surface area (Å²) in [6, 6.07) is 17.1. The van der Waals surface area contributed by atoms with Crippen LogP contribution in [0.25, 0.3) is 5.70 Å². The van der Waals surface area contributed by atoms with Gasteiger partial charge in [0.1, 0.15) is 5.70 Å². The van der Waals surface area contributed by atoms with Crippen LogP contribution in [0, 0.1) is 0 Å². The third-order valence-corrected chi connectivity index (χ3v) is 4.36. The molecule has 4 rings (SSSR count). The lowest BCUT2D eigenvalue weighted by atomic mass is 10.1. The molecule has 0 spiro atoms. The fourth-order valence-electron chi connectivity index (χ4n) is 3.04. The molecule has 110 valence electrons. The number of fused-ring (bicyclic) bond motifs is 1. The van der Waals surface area contributed by atoms with E-state index < -0.39 is 0 Å². The first-order valence-electron chi connectivity index (χ1n) is 7.83. The minimum absolute atomic E-state index is 0.451. The van der Waals surface area contributed by atoms with Crippen LogP contribution in [0.4, 0.5) is 11.4 Å².